The molecule has 1 aliphatic heterocycles. The maximum atomic E-state index is 13.9. The largest absolute Gasteiger partial charge is 0.410 e. The first-order valence-corrected chi connectivity index (χ1v) is 10.7. The van der Waals surface area contributed by atoms with Gasteiger partial charge in [0.15, 0.2) is 6.04 Å². The summed E-state index contributed by atoms with van der Waals surface area (Å²) in [7, 11) is 0. The molecule has 0 spiro atoms. The van der Waals surface area contributed by atoms with Gasteiger partial charge in [0.1, 0.15) is 17.2 Å². The second-order valence-corrected chi connectivity index (χ2v) is 8.12. The summed E-state index contributed by atoms with van der Waals surface area (Å²) in [4.78, 5) is 13.2. The number of aromatic nitrogens is 4. The molecule has 174 valence electrons. The molecule has 4 aromatic rings. The lowest BCUT2D eigenvalue weighted by Gasteiger charge is -2.34. The number of fused-ring (bicyclic) bond motifs is 1. The van der Waals surface area contributed by atoms with Gasteiger partial charge in [-0.2, -0.15) is 23.4 Å². The van der Waals surface area contributed by atoms with Gasteiger partial charge in [-0.1, -0.05) is 48.5 Å². The highest BCUT2D eigenvalue weighted by atomic mass is 19.4. The van der Waals surface area contributed by atoms with Crippen molar-refractivity contribution in [1.82, 2.24) is 19.6 Å². The normalized spacial score (nSPS) is 17.6. The van der Waals surface area contributed by atoms with Crippen molar-refractivity contribution in [3.05, 3.63) is 89.7 Å². The van der Waals surface area contributed by atoms with Crippen LogP contribution in [0.4, 0.5) is 24.8 Å². The fourth-order valence-electron chi connectivity index (χ4n) is 4.17. The zero-order valence-electron chi connectivity index (χ0n) is 18.1. The third-order valence-corrected chi connectivity index (χ3v) is 5.76. The zero-order valence-corrected chi connectivity index (χ0v) is 18.1. The molecule has 3 heterocycles. The minimum Gasteiger partial charge on any atom is -0.363 e. The summed E-state index contributed by atoms with van der Waals surface area (Å²) >= 11 is 0. The predicted octanol–water partition coefficient (Wildman–Crippen LogP) is 5.29. The van der Waals surface area contributed by atoms with Crippen LogP contribution in [0.3, 0.4) is 0 Å². The van der Waals surface area contributed by atoms with Crippen molar-refractivity contribution in [2.45, 2.75) is 31.6 Å². The third-order valence-electron chi connectivity index (χ3n) is 5.76. The van der Waals surface area contributed by atoms with Gasteiger partial charge >= 0.3 is 6.18 Å². The van der Waals surface area contributed by atoms with Crippen LogP contribution in [0.25, 0.3) is 5.69 Å². The standard InChI is InChI=1S/C24H21F3N6O/c1-15-12-21(32(31-15)17-10-6-3-7-11-17)30-23(34)18-14-28-33-20(24(25,26)27)13-19(29-22(18)33)16-8-4-2-5-9-16/h2-12,14,19-20,29H,13H2,1H3,(H,30,34)/t19-,20+/m0/s1. The van der Waals surface area contributed by atoms with Crippen LogP contribution < -0.4 is 10.6 Å². The molecule has 34 heavy (non-hydrogen) atoms. The Morgan fingerprint density at radius 3 is 2.44 bits per heavy atom. The Morgan fingerprint density at radius 2 is 1.76 bits per heavy atom. The number of halogens is 3. The SMILES string of the molecule is Cc1cc(NC(=O)c2cnn3c2N[C@H](c2ccccc2)C[C@@H]3C(F)(F)F)n(-c2ccccc2)n1. The van der Waals surface area contributed by atoms with Crippen molar-refractivity contribution >= 4 is 17.5 Å². The number of aryl methyl sites for hydroxylation is 1. The molecular formula is C24H21F3N6O. The minimum absolute atomic E-state index is 0.0216. The van der Waals surface area contributed by atoms with E-state index in [0.717, 1.165) is 10.4 Å². The zero-order chi connectivity index (χ0) is 23.9. The van der Waals surface area contributed by atoms with Gasteiger partial charge in [-0.15, -0.1) is 0 Å². The second kappa shape index (κ2) is 8.36. The van der Waals surface area contributed by atoms with Crippen LogP contribution in [-0.4, -0.2) is 31.6 Å². The molecule has 7 nitrogen and oxygen atoms in total. The summed E-state index contributed by atoms with van der Waals surface area (Å²) in [5.41, 5.74) is 2.14. The molecule has 0 aliphatic carbocycles. The summed E-state index contributed by atoms with van der Waals surface area (Å²) in [5, 5.41) is 14.2. The van der Waals surface area contributed by atoms with E-state index in [0.29, 0.717) is 17.1 Å². The van der Waals surface area contributed by atoms with Crippen molar-refractivity contribution < 1.29 is 18.0 Å². The van der Waals surface area contributed by atoms with Gasteiger partial charge in [-0.05, 0) is 24.6 Å². The number of rotatable bonds is 4. The molecule has 0 fully saturated rings. The lowest BCUT2D eigenvalue weighted by molar-refractivity contribution is -0.173. The monoisotopic (exact) mass is 466 g/mol. The number of hydrogen-bond acceptors (Lipinski definition) is 4. The van der Waals surface area contributed by atoms with Gasteiger partial charge in [-0.25, -0.2) is 9.36 Å². The molecular weight excluding hydrogens is 445 g/mol. The van der Waals surface area contributed by atoms with Gasteiger partial charge in [-0.3, -0.25) is 4.79 Å². The van der Waals surface area contributed by atoms with Crippen LogP contribution in [0.15, 0.2) is 72.9 Å². The van der Waals surface area contributed by atoms with Crippen LogP contribution in [-0.2, 0) is 0 Å². The highest BCUT2D eigenvalue weighted by Crippen LogP contribution is 2.44. The van der Waals surface area contributed by atoms with Gasteiger partial charge in [0.25, 0.3) is 5.91 Å². The third kappa shape index (κ3) is 4.02. The fourth-order valence-corrected chi connectivity index (χ4v) is 4.17. The first-order chi connectivity index (χ1) is 16.3. The maximum absolute atomic E-state index is 13.9. The molecule has 2 aromatic heterocycles. The van der Waals surface area contributed by atoms with E-state index < -0.39 is 24.2 Å². The summed E-state index contributed by atoms with van der Waals surface area (Å²) in [6.45, 7) is 1.79. The number of carbonyl (C=O) groups excluding carboxylic acids is 1. The average molecular weight is 466 g/mol. The Labute approximate surface area is 193 Å². The lowest BCUT2D eigenvalue weighted by atomic mass is 9.96. The molecule has 0 unspecified atom stereocenters. The highest BCUT2D eigenvalue weighted by Gasteiger charge is 2.47. The van der Waals surface area contributed by atoms with Crippen LogP contribution in [0.1, 0.15) is 40.1 Å². The molecule has 2 aromatic carbocycles. The Hall–Kier alpha value is -4.08. The Bertz CT molecular complexity index is 1310. The van der Waals surface area contributed by atoms with Crippen LogP contribution in [0.5, 0.6) is 0 Å². The van der Waals surface area contributed by atoms with Crippen molar-refractivity contribution in [2.24, 2.45) is 0 Å². The number of nitrogens with one attached hydrogen (secondary N) is 2. The van der Waals surface area contributed by atoms with E-state index in [9.17, 15) is 18.0 Å². The number of benzene rings is 2. The Kier molecular flexibility index (Phi) is 5.35. The molecule has 2 atom stereocenters. The molecule has 1 amide bonds. The summed E-state index contributed by atoms with van der Waals surface area (Å²) < 4.78 is 44.2. The average Bonchev–Trinajstić information content (AvgIpc) is 3.42. The molecule has 0 radical (unpaired) electrons. The number of amides is 1. The van der Waals surface area contributed by atoms with Gasteiger partial charge in [0.2, 0.25) is 0 Å². The fraction of sp³-hybridized carbons (Fsp3) is 0.208. The van der Waals surface area contributed by atoms with E-state index in [-0.39, 0.29) is 17.8 Å². The molecule has 0 bridgehead atoms. The van der Waals surface area contributed by atoms with Crippen molar-refractivity contribution in [1.29, 1.82) is 0 Å². The van der Waals surface area contributed by atoms with Crippen molar-refractivity contribution in [3.8, 4) is 5.69 Å². The van der Waals surface area contributed by atoms with E-state index >= 15 is 0 Å². The summed E-state index contributed by atoms with van der Waals surface area (Å²) in [6.07, 6.45) is -3.59. The molecule has 0 saturated heterocycles. The van der Waals surface area contributed by atoms with Crippen molar-refractivity contribution in [3.63, 3.8) is 0 Å². The van der Waals surface area contributed by atoms with E-state index in [1.165, 1.54) is 6.20 Å². The Balaban J connectivity index is 1.49. The number of para-hydroxylation sites is 1. The number of hydrogen-bond donors (Lipinski definition) is 2. The van der Waals surface area contributed by atoms with Gasteiger partial charge in [0, 0.05) is 12.5 Å². The van der Waals surface area contributed by atoms with Crippen molar-refractivity contribution in [2.75, 3.05) is 10.6 Å². The topological polar surface area (TPSA) is 76.8 Å². The molecule has 1 aliphatic rings. The minimum atomic E-state index is -4.52. The number of carbonyl (C=O) groups is 1. The second-order valence-electron chi connectivity index (χ2n) is 8.12. The van der Waals surface area contributed by atoms with E-state index in [4.69, 9.17) is 0 Å². The van der Waals surface area contributed by atoms with E-state index in [2.05, 4.69) is 20.8 Å². The molecule has 0 saturated carbocycles. The quantitative estimate of drug-likeness (QED) is 0.429. The molecule has 5 rings (SSSR count). The summed E-state index contributed by atoms with van der Waals surface area (Å²) in [5.74, 6) is -0.153. The molecule has 10 heteroatoms. The number of nitrogens with zero attached hydrogens (tertiary/aromatic N) is 4. The van der Waals surface area contributed by atoms with Crippen LogP contribution in [0, 0.1) is 6.92 Å². The smallest absolute Gasteiger partial charge is 0.363 e. The molecule has 2 N–H and O–H groups in total. The Morgan fingerprint density at radius 1 is 1.09 bits per heavy atom. The van der Waals surface area contributed by atoms with Crippen LogP contribution >= 0.6 is 0 Å². The highest BCUT2D eigenvalue weighted by molar-refractivity contribution is 6.07. The predicted molar refractivity (Wildman–Crippen MR) is 121 cm³/mol. The maximum Gasteiger partial charge on any atom is 0.410 e. The summed E-state index contributed by atoms with van der Waals surface area (Å²) in [6, 6.07) is 17.3. The number of anilines is 2. The lowest BCUT2D eigenvalue weighted by Crippen LogP contribution is -2.36. The van der Waals surface area contributed by atoms with Gasteiger partial charge < -0.3 is 10.6 Å². The number of alkyl halides is 3. The first kappa shape index (κ1) is 21.7. The van der Waals surface area contributed by atoms with Gasteiger partial charge in [0.05, 0.1) is 23.6 Å². The first-order valence-electron chi connectivity index (χ1n) is 10.7. The van der Waals surface area contributed by atoms with E-state index in [1.54, 1.807) is 48.0 Å². The van der Waals surface area contributed by atoms with Crippen LogP contribution in [0.2, 0.25) is 0 Å². The van der Waals surface area contributed by atoms with E-state index in [1.807, 2.05) is 30.3 Å².